The molecule has 2 atom stereocenters. The van der Waals surface area contributed by atoms with Gasteiger partial charge in [-0.25, -0.2) is 0 Å². The SMILES string of the molecule is CC1CN(Cc2ccccc2C#CCCO)CC(C)N1C. The lowest BCUT2D eigenvalue weighted by molar-refractivity contribution is 0.0556. The van der Waals surface area contributed by atoms with Crippen molar-refractivity contribution >= 4 is 0 Å². The molecule has 0 amide bonds. The van der Waals surface area contributed by atoms with E-state index < -0.39 is 0 Å². The van der Waals surface area contributed by atoms with Crippen LogP contribution in [-0.4, -0.2) is 53.7 Å². The summed E-state index contributed by atoms with van der Waals surface area (Å²) in [6.07, 6.45) is 0.539. The lowest BCUT2D eigenvalue weighted by atomic mass is 10.0. The number of hydrogen-bond donors (Lipinski definition) is 1. The molecule has 0 saturated carbocycles. The van der Waals surface area contributed by atoms with Gasteiger partial charge in [-0.3, -0.25) is 9.80 Å². The molecule has 1 saturated heterocycles. The monoisotopic (exact) mass is 286 g/mol. The highest BCUT2D eigenvalue weighted by molar-refractivity contribution is 5.41. The lowest BCUT2D eigenvalue weighted by Crippen LogP contribution is -2.54. The first kappa shape index (κ1) is 16.0. The third kappa shape index (κ3) is 4.31. The largest absolute Gasteiger partial charge is 0.395 e. The first-order valence-corrected chi connectivity index (χ1v) is 7.73. The molecule has 2 unspecified atom stereocenters. The smallest absolute Gasteiger partial charge is 0.0540 e. The molecule has 1 heterocycles. The molecular weight excluding hydrogens is 260 g/mol. The normalized spacial score (nSPS) is 23.6. The maximum Gasteiger partial charge on any atom is 0.0540 e. The topological polar surface area (TPSA) is 26.7 Å². The number of likely N-dealkylation sites (N-methyl/N-ethyl adjacent to an activating group) is 1. The van der Waals surface area contributed by atoms with Crippen LogP contribution in [-0.2, 0) is 6.54 Å². The van der Waals surface area contributed by atoms with E-state index in [0.717, 1.165) is 25.2 Å². The van der Waals surface area contributed by atoms with Crippen molar-refractivity contribution in [3.63, 3.8) is 0 Å². The van der Waals surface area contributed by atoms with Gasteiger partial charge in [0.25, 0.3) is 0 Å². The van der Waals surface area contributed by atoms with Crippen LogP contribution in [0.25, 0.3) is 0 Å². The second-order valence-corrected chi connectivity index (χ2v) is 5.99. The molecule has 21 heavy (non-hydrogen) atoms. The average Bonchev–Trinajstić information content (AvgIpc) is 2.47. The van der Waals surface area contributed by atoms with Crippen LogP contribution in [0, 0.1) is 11.8 Å². The summed E-state index contributed by atoms with van der Waals surface area (Å²) < 4.78 is 0. The second-order valence-electron chi connectivity index (χ2n) is 5.99. The van der Waals surface area contributed by atoms with E-state index in [1.165, 1.54) is 5.56 Å². The van der Waals surface area contributed by atoms with Crippen molar-refractivity contribution in [1.82, 2.24) is 9.80 Å². The van der Waals surface area contributed by atoms with Crippen molar-refractivity contribution < 1.29 is 5.11 Å². The molecule has 0 bridgehead atoms. The molecule has 0 radical (unpaired) electrons. The molecule has 1 aliphatic rings. The summed E-state index contributed by atoms with van der Waals surface area (Å²) in [5, 5.41) is 8.84. The van der Waals surface area contributed by atoms with Crippen molar-refractivity contribution in [3.8, 4) is 11.8 Å². The first-order valence-electron chi connectivity index (χ1n) is 7.73. The van der Waals surface area contributed by atoms with Crippen LogP contribution in [0.15, 0.2) is 24.3 Å². The average molecular weight is 286 g/mol. The third-order valence-corrected chi connectivity index (χ3v) is 4.31. The summed E-state index contributed by atoms with van der Waals surface area (Å²) >= 11 is 0. The van der Waals surface area contributed by atoms with Gasteiger partial charge in [0.2, 0.25) is 0 Å². The Bertz CT molecular complexity index is 505. The zero-order valence-corrected chi connectivity index (χ0v) is 13.3. The molecule has 1 aromatic carbocycles. The van der Waals surface area contributed by atoms with Gasteiger partial charge in [0, 0.05) is 43.7 Å². The summed E-state index contributed by atoms with van der Waals surface area (Å²) in [4.78, 5) is 4.96. The van der Waals surface area contributed by atoms with Crippen molar-refractivity contribution in [2.75, 3.05) is 26.7 Å². The Morgan fingerprint density at radius 2 is 1.86 bits per heavy atom. The number of nitrogens with zero attached hydrogens (tertiary/aromatic N) is 2. The summed E-state index contributed by atoms with van der Waals surface area (Å²) in [6.45, 7) is 7.85. The fraction of sp³-hybridized carbons (Fsp3) is 0.556. The molecule has 3 nitrogen and oxygen atoms in total. The summed E-state index contributed by atoms with van der Waals surface area (Å²) in [5.41, 5.74) is 2.37. The fourth-order valence-corrected chi connectivity index (χ4v) is 2.88. The van der Waals surface area contributed by atoms with E-state index in [1.807, 2.05) is 6.07 Å². The van der Waals surface area contributed by atoms with E-state index in [4.69, 9.17) is 5.11 Å². The Balaban J connectivity index is 2.08. The van der Waals surface area contributed by atoms with Crippen LogP contribution >= 0.6 is 0 Å². The highest BCUT2D eigenvalue weighted by Crippen LogP contribution is 2.17. The summed E-state index contributed by atoms with van der Waals surface area (Å²) in [5.74, 6) is 6.21. The van der Waals surface area contributed by atoms with Crippen LogP contribution in [0.5, 0.6) is 0 Å². The second kappa shape index (κ2) is 7.61. The standard InChI is InChI=1S/C18H26N2O/c1-15-12-20(13-16(2)19(15)3)14-18-10-5-4-8-17(18)9-6-7-11-21/h4-5,8,10,15-16,21H,7,11-14H2,1-3H3. The van der Waals surface area contributed by atoms with Gasteiger partial charge in [0.05, 0.1) is 6.61 Å². The Morgan fingerprint density at radius 1 is 1.19 bits per heavy atom. The zero-order chi connectivity index (χ0) is 15.2. The minimum atomic E-state index is 0.128. The quantitative estimate of drug-likeness (QED) is 0.860. The molecule has 0 aliphatic carbocycles. The van der Waals surface area contributed by atoms with E-state index in [-0.39, 0.29) is 6.61 Å². The third-order valence-electron chi connectivity index (χ3n) is 4.31. The fourth-order valence-electron chi connectivity index (χ4n) is 2.88. The van der Waals surface area contributed by atoms with E-state index in [0.29, 0.717) is 18.5 Å². The maximum atomic E-state index is 8.84. The van der Waals surface area contributed by atoms with Crippen LogP contribution in [0.4, 0.5) is 0 Å². The number of aliphatic hydroxyl groups excluding tert-OH is 1. The number of benzene rings is 1. The van der Waals surface area contributed by atoms with E-state index >= 15 is 0 Å². The lowest BCUT2D eigenvalue weighted by Gasteiger charge is -2.42. The minimum absolute atomic E-state index is 0.128. The molecule has 114 valence electrons. The van der Waals surface area contributed by atoms with Gasteiger partial charge in [0.15, 0.2) is 0 Å². The highest BCUT2D eigenvalue weighted by Gasteiger charge is 2.26. The Hall–Kier alpha value is -1.34. The van der Waals surface area contributed by atoms with E-state index in [1.54, 1.807) is 0 Å². The number of piperazine rings is 1. The van der Waals surface area contributed by atoms with Crippen LogP contribution in [0.3, 0.4) is 0 Å². The molecule has 0 aromatic heterocycles. The zero-order valence-electron chi connectivity index (χ0n) is 13.3. The van der Waals surface area contributed by atoms with Crippen LogP contribution in [0.2, 0.25) is 0 Å². The Kier molecular flexibility index (Phi) is 5.81. The van der Waals surface area contributed by atoms with Gasteiger partial charge in [-0.2, -0.15) is 0 Å². The molecule has 3 heteroatoms. The minimum Gasteiger partial charge on any atom is -0.395 e. The number of rotatable bonds is 3. The molecule has 1 aliphatic heterocycles. The Labute approximate surface area is 128 Å². The van der Waals surface area contributed by atoms with Crippen molar-refractivity contribution in [2.45, 2.75) is 38.9 Å². The molecular formula is C18H26N2O. The molecule has 0 spiro atoms. The van der Waals surface area contributed by atoms with Gasteiger partial charge in [-0.1, -0.05) is 30.0 Å². The first-order chi connectivity index (χ1) is 10.1. The number of aliphatic hydroxyl groups is 1. The van der Waals surface area contributed by atoms with Crippen molar-refractivity contribution in [3.05, 3.63) is 35.4 Å². The maximum absolute atomic E-state index is 8.84. The highest BCUT2D eigenvalue weighted by atomic mass is 16.2. The van der Waals surface area contributed by atoms with Gasteiger partial charge < -0.3 is 5.11 Å². The molecule has 2 rings (SSSR count). The molecule has 1 aromatic rings. The van der Waals surface area contributed by atoms with Gasteiger partial charge in [-0.05, 0) is 32.5 Å². The Morgan fingerprint density at radius 3 is 2.52 bits per heavy atom. The van der Waals surface area contributed by atoms with Gasteiger partial charge >= 0.3 is 0 Å². The van der Waals surface area contributed by atoms with Crippen molar-refractivity contribution in [2.24, 2.45) is 0 Å². The molecule has 1 N–H and O–H groups in total. The predicted molar refractivity (Wildman–Crippen MR) is 87.0 cm³/mol. The predicted octanol–water partition coefficient (Wildman–Crippen LogP) is 1.94. The van der Waals surface area contributed by atoms with Crippen LogP contribution in [0.1, 0.15) is 31.4 Å². The van der Waals surface area contributed by atoms with E-state index in [9.17, 15) is 0 Å². The van der Waals surface area contributed by atoms with Crippen molar-refractivity contribution in [1.29, 1.82) is 0 Å². The summed E-state index contributed by atoms with van der Waals surface area (Å²) in [7, 11) is 2.21. The summed E-state index contributed by atoms with van der Waals surface area (Å²) in [6, 6.07) is 9.51. The molecule has 1 fully saturated rings. The van der Waals surface area contributed by atoms with Gasteiger partial charge in [0.1, 0.15) is 0 Å². The number of hydrogen-bond acceptors (Lipinski definition) is 3. The van der Waals surface area contributed by atoms with E-state index in [2.05, 4.69) is 60.7 Å². The van der Waals surface area contributed by atoms with Gasteiger partial charge in [-0.15, -0.1) is 0 Å². The van der Waals surface area contributed by atoms with Crippen LogP contribution < -0.4 is 0 Å².